The zero-order chi connectivity index (χ0) is 14.8. The predicted octanol–water partition coefficient (Wildman–Crippen LogP) is 3.95. The monoisotopic (exact) mass is 364 g/mol. The SMILES string of the molecule is Cc1ccc(S(=O)(=O)OCCCCC2CC2(F)Br)cc1. The zero-order valence-corrected chi connectivity index (χ0v) is 13.7. The van der Waals surface area contributed by atoms with Gasteiger partial charge in [-0.1, -0.05) is 24.1 Å². The summed E-state index contributed by atoms with van der Waals surface area (Å²) in [4.78, 5) is 0.175. The molecule has 0 saturated heterocycles. The molecule has 1 aliphatic carbocycles. The second-order valence-electron chi connectivity index (χ2n) is 5.25. The maximum absolute atomic E-state index is 13.2. The van der Waals surface area contributed by atoms with Gasteiger partial charge in [0.05, 0.1) is 11.5 Å². The van der Waals surface area contributed by atoms with Crippen molar-refractivity contribution in [2.75, 3.05) is 6.61 Å². The van der Waals surface area contributed by atoms with E-state index in [1.807, 2.05) is 6.92 Å². The molecule has 0 spiro atoms. The first-order valence-electron chi connectivity index (χ1n) is 6.65. The van der Waals surface area contributed by atoms with Gasteiger partial charge in [0.1, 0.15) is 0 Å². The van der Waals surface area contributed by atoms with Crippen molar-refractivity contribution >= 4 is 26.0 Å². The molecular weight excluding hydrogens is 347 g/mol. The topological polar surface area (TPSA) is 43.4 Å². The highest BCUT2D eigenvalue weighted by molar-refractivity contribution is 9.10. The minimum atomic E-state index is -3.67. The first kappa shape index (κ1) is 15.9. The van der Waals surface area contributed by atoms with Crippen molar-refractivity contribution in [2.24, 2.45) is 5.92 Å². The molecule has 2 unspecified atom stereocenters. The molecular formula is C14H18BrFO3S. The van der Waals surface area contributed by atoms with Gasteiger partial charge < -0.3 is 0 Å². The van der Waals surface area contributed by atoms with Gasteiger partial charge in [0, 0.05) is 5.92 Å². The fourth-order valence-corrected chi connectivity index (χ4v) is 3.58. The largest absolute Gasteiger partial charge is 0.296 e. The van der Waals surface area contributed by atoms with Crippen LogP contribution in [0.4, 0.5) is 4.39 Å². The highest BCUT2D eigenvalue weighted by atomic mass is 79.9. The van der Waals surface area contributed by atoms with Crippen molar-refractivity contribution in [3.63, 3.8) is 0 Å². The molecule has 2 atom stereocenters. The van der Waals surface area contributed by atoms with Gasteiger partial charge in [-0.25, -0.2) is 4.39 Å². The number of aryl methyl sites for hydroxylation is 1. The molecule has 0 aliphatic heterocycles. The third-order valence-corrected chi connectivity index (χ3v) is 5.75. The Morgan fingerprint density at radius 3 is 2.50 bits per heavy atom. The lowest BCUT2D eigenvalue weighted by Gasteiger charge is -2.06. The highest BCUT2D eigenvalue weighted by Gasteiger charge is 2.52. The van der Waals surface area contributed by atoms with Crippen LogP contribution in [0.2, 0.25) is 0 Å². The summed E-state index contributed by atoms with van der Waals surface area (Å²) < 4.78 is 40.7. The van der Waals surface area contributed by atoms with Gasteiger partial charge in [-0.05, 0) is 54.2 Å². The Labute approximate surface area is 127 Å². The molecule has 1 saturated carbocycles. The molecule has 1 fully saturated rings. The van der Waals surface area contributed by atoms with Crippen molar-refractivity contribution in [1.29, 1.82) is 0 Å². The summed E-state index contributed by atoms with van der Waals surface area (Å²) in [6.07, 6.45) is 2.70. The maximum atomic E-state index is 13.2. The van der Waals surface area contributed by atoms with E-state index in [1.165, 1.54) is 12.1 Å². The number of alkyl halides is 2. The number of hydrogen-bond donors (Lipinski definition) is 0. The molecule has 6 heteroatoms. The van der Waals surface area contributed by atoms with Crippen LogP contribution >= 0.6 is 15.9 Å². The van der Waals surface area contributed by atoms with Gasteiger partial charge in [-0.15, -0.1) is 0 Å². The molecule has 0 aromatic heterocycles. The molecule has 1 aromatic rings. The van der Waals surface area contributed by atoms with Crippen molar-refractivity contribution in [3.8, 4) is 0 Å². The molecule has 0 N–H and O–H groups in total. The van der Waals surface area contributed by atoms with Crippen LogP contribution < -0.4 is 0 Å². The van der Waals surface area contributed by atoms with Crippen LogP contribution in [-0.2, 0) is 14.3 Å². The molecule has 112 valence electrons. The van der Waals surface area contributed by atoms with E-state index in [0.717, 1.165) is 18.4 Å². The Balaban J connectivity index is 1.71. The fraction of sp³-hybridized carbons (Fsp3) is 0.571. The summed E-state index contributed by atoms with van der Waals surface area (Å²) in [6, 6.07) is 6.55. The van der Waals surface area contributed by atoms with Gasteiger partial charge in [0.25, 0.3) is 10.1 Å². The highest BCUT2D eigenvalue weighted by Crippen LogP contribution is 2.54. The zero-order valence-electron chi connectivity index (χ0n) is 11.3. The van der Waals surface area contributed by atoms with Crippen molar-refractivity contribution in [3.05, 3.63) is 29.8 Å². The van der Waals surface area contributed by atoms with Crippen LogP contribution in [0.1, 0.15) is 31.2 Å². The Hall–Kier alpha value is -0.460. The molecule has 2 rings (SSSR count). The van der Waals surface area contributed by atoms with E-state index in [1.54, 1.807) is 12.1 Å². The Bertz CT molecular complexity index is 554. The van der Waals surface area contributed by atoms with E-state index in [-0.39, 0.29) is 17.4 Å². The Morgan fingerprint density at radius 1 is 1.35 bits per heavy atom. The first-order valence-corrected chi connectivity index (χ1v) is 8.85. The van der Waals surface area contributed by atoms with E-state index >= 15 is 0 Å². The minimum absolute atomic E-state index is 0.0659. The third-order valence-electron chi connectivity index (χ3n) is 3.45. The molecule has 1 aliphatic rings. The molecule has 0 heterocycles. The van der Waals surface area contributed by atoms with Crippen LogP contribution in [0.3, 0.4) is 0 Å². The van der Waals surface area contributed by atoms with E-state index in [4.69, 9.17) is 4.18 Å². The number of hydrogen-bond acceptors (Lipinski definition) is 3. The van der Waals surface area contributed by atoms with E-state index in [2.05, 4.69) is 15.9 Å². The lowest BCUT2D eigenvalue weighted by Crippen LogP contribution is -2.07. The van der Waals surface area contributed by atoms with Crippen LogP contribution in [-0.4, -0.2) is 19.6 Å². The summed E-state index contributed by atoms with van der Waals surface area (Å²) in [5.41, 5.74) is 0.998. The molecule has 20 heavy (non-hydrogen) atoms. The van der Waals surface area contributed by atoms with Crippen LogP contribution in [0.15, 0.2) is 29.2 Å². The van der Waals surface area contributed by atoms with Crippen molar-refractivity contribution in [1.82, 2.24) is 0 Å². The Kier molecular flexibility index (Phi) is 4.87. The first-order chi connectivity index (χ1) is 9.31. The van der Waals surface area contributed by atoms with E-state index in [0.29, 0.717) is 12.8 Å². The van der Waals surface area contributed by atoms with Crippen molar-refractivity contribution in [2.45, 2.75) is 42.1 Å². The van der Waals surface area contributed by atoms with Gasteiger partial charge in [-0.2, -0.15) is 8.42 Å². The van der Waals surface area contributed by atoms with Gasteiger partial charge >= 0.3 is 0 Å². The maximum Gasteiger partial charge on any atom is 0.296 e. The lowest BCUT2D eigenvalue weighted by molar-refractivity contribution is 0.303. The summed E-state index contributed by atoms with van der Waals surface area (Å²) in [5.74, 6) is 0.0659. The molecule has 1 aromatic carbocycles. The number of benzene rings is 1. The fourth-order valence-electron chi connectivity index (χ4n) is 2.02. The quantitative estimate of drug-likeness (QED) is 0.418. The summed E-state index contributed by atoms with van der Waals surface area (Å²) in [5, 5.41) is 0. The predicted molar refractivity (Wildman–Crippen MR) is 79.0 cm³/mol. The summed E-state index contributed by atoms with van der Waals surface area (Å²) >= 11 is 3.00. The molecule has 3 nitrogen and oxygen atoms in total. The normalized spacial score (nSPS) is 25.6. The van der Waals surface area contributed by atoms with Crippen molar-refractivity contribution < 1.29 is 17.0 Å². The van der Waals surface area contributed by atoms with Crippen LogP contribution in [0.25, 0.3) is 0 Å². The second kappa shape index (κ2) is 6.12. The van der Waals surface area contributed by atoms with E-state index < -0.39 is 14.7 Å². The average Bonchev–Trinajstić information content (AvgIpc) is 2.97. The number of rotatable bonds is 7. The van der Waals surface area contributed by atoms with Gasteiger partial charge in [0.15, 0.2) is 4.58 Å². The third kappa shape index (κ3) is 4.27. The average molecular weight is 365 g/mol. The van der Waals surface area contributed by atoms with E-state index in [9.17, 15) is 12.8 Å². The second-order valence-corrected chi connectivity index (χ2v) is 8.18. The standard InChI is InChI=1S/C14H18BrFO3S/c1-11-5-7-13(8-6-11)20(17,18)19-9-3-2-4-12-10-14(12,15)16/h5-8,12H,2-4,9-10H2,1H3. The van der Waals surface area contributed by atoms with Crippen LogP contribution in [0.5, 0.6) is 0 Å². The minimum Gasteiger partial charge on any atom is -0.266 e. The van der Waals surface area contributed by atoms with Crippen LogP contribution in [0, 0.1) is 12.8 Å². The molecule has 0 radical (unpaired) electrons. The molecule has 0 bridgehead atoms. The van der Waals surface area contributed by atoms with Gasteiger partial charge in [0.2, 0.25) is 0 Å². The number of halogens is 2. The lowest BCUT2D eigenvalue weighted by atomic mass is 10.2. The van der Waals surface area contributed by atoms with Gasteiger partial charge in [-0.3, -0.25) is 4.18 Å². The summed E-state index contributed by atoms with van der Waals surface area (Å²) in [6.45, 7) is 2.04. The Morgan fingerprint density at radius 2 is 1.95 bits per heavy atom. The molecule has 0 amide bonds. The summed E-state index contributed by atoms with van der Waals surface area (Å²) in [7, 11) is -3.67. The smallest absolute Gasteiger partial charge is 0.266 e. The number of unbranched alkanes of at least 4 members (excludes halogenated alkanes) is 1.